The largest absolute Gasteiger partial charge is 0.463 e. The highest BCUT2D eigenvalue weighted by Crippen LogP contribution is 2.22. The van der Waals surface area contributed by atoms with Crippen molar-refractivity contribution in [1.82, 2.24) is 14.7 Å². The Morgan fingerprint density at radius 2 is 1.83 bits per heavy atom. The van der Waals surface area contributed by atoms with E-state index in [0.717, 1.165) is 45.9 Å². The number of ether oxygens (including phenoxy) is 3. The van der Waals surface area contributed by atoms with Gasteiger partial charge in [0.15, 0.2) is 0 Å². The number of piperidine rings is 1. The fraction of sp³-hybridized carbons (Fsp3) is 0.941. The summed E-state index contributed by atoms with van der Waals surface area (Å²) in [7, 11) is 2.18. The third-order valence-electron chi connectivity index (χ3n) is 5.29. The van der Waals surface area contributed by atoms with Crippen LogP contribution in [0.2, 0.25) is 0 Å². The predicted molar refractivity (Wildman–Crippen MR) is 90.1 cm³/mol. The Morgan fingerprint density at radius 3 is 2.54 bits per heavy atom. The van der Waals surface area contributed by atoms with Gasteiger partial charge in [-0.15, -0.1) is 0 Å². The summed E-state index contributed by atoms with van der Waals surface area (Å²) in [4.78, 5) is 18.9. The summed E-state index contributed by atoms with van der Waals surface area (Å²) in [5.74, 6) is -0.249. The molecular weight excluding hydrogens is 310 g/mol. The van der Waals surface area contributed by atoms with Crippen molar-refractivity contribution in [3.05, 3.63) is 0 Å². The van der Waals surface area contributed by atoms with E-state index in [1.807, 2.05) is 0 Å². The van der Waals surface area contributed by atoms with Crippen LogP contribution in [0.25, 0.3) is 0 Å². The molecule has 0 saturated carbocycles. The maximum Gasteiger partial charge on any atom is 0.332 e. The predicted octanol–water partition coefficient (Wildman–Crippen LogP) is -0.343. The molecule has 0 aliphatic carbocycles. The maximum atomic E-state index is 11.7. The van der Waals surface area contributed by atoms with Crippen LogP contribution in [0.15, 0.2) is 0 Å². The zero-order valence-corrected chi connectivity index (χ0v) is 14.8. The van der Waals surface area contributed by atoms with Gasteiger partial charge in [-0.1, -0.05) is 0 Å². The number of morpholine rings is 1. The van der Waals surface area contributed by atoms with Crippen molar-refractivity contribution < 1.29 is 19.0 Å². The summed E-state index contributed by atoms with van der Waals surface area (Å²) < 4.78 is 16.2. The number of nitrogens with zero attached hydrogens (tertiary/aromatic N) is 3. The number of likely N-dealkylation sites (tertiary alicyclic amines) is 2. The van der Waals surface area contributed by atoms with Gasteiger partial charge in [0.05, 0.1) is 19.3 Å². The molecule has 3 saturated heterocycles. The third-order valence-corrected chi connectivity index (χ3v) is 5.29. The van der Waals surface area contributed by atoms with Crippen molar-refractivity contribution >= 4 is 5.97 Å². The standard InChI is InChI=1S/C17H31N3O4/c1-18-4-2-15(3-5-18)20-12-16(13-20)24-14-17(21)23-11-8-19-6-9-22-10-7-19/h15-16H,2-14H2,1H3. The van der Waals surface area contributed by atoms with Gasteiger partial charge < -0.3 is 19.1 Å². The van der Waals surface area contributed by atoms with Crippen molar-refractivity contribution in [2.45, 2.75) is 25.0 Å². The van der Waals surface area contributed by atoms with E-state index in [1.54, 1.807) is 0 Å². The molecule has 0 unspecified atom stereocenters. The number of hydrogen-bond acceptors (Lipinski definition) is 7. The second kappa shape index (κ2) is 9.10. The van der Waals surface area contributed by atoms with Gasteiger partial charge in [0.1, 0.15) is 13.2 Å². The van der Waals surface area contributed by atoms with Crippen LogP contribution in [0.3, 0.4) is 0 Å². The molecule has 7 nitrogen and oxygen atoms in total. The number of esters is 1. The Morgan fingerprint density at radius 1 is 1.12 bits per heavy atom. The molecule has 0 amide bonds. The molecule has 0 aromatic carbocycles. The van der Waals surface area contributed by atoms with E-state index in [0.29, 0.717) is 12.6 Å². The SMILES string of the molecule is CN1CCC(N2CC(OCC(=O)OCCN3CCOCC3)C2)CC1. The first-order valence-corrected chi connectivity index (χ1v) is 9.20. The number of carbonyl (C=O) groups excluding carboxylic acids is 1. The first kappa shape index (κ1) is 18.1. The summed E-state index contributed by atoms with van der Waals surface area (Å²) >= 11 is 0. The summed E-state index contributed by atoms with van der Waals surface area (Å²) in [6, 6.07) is 0.696. The van der Waals surface area contributed by atoms with Gasteiger partial charge in [-0.05, 0) is 33.0 Å². The maximum absolute atomic E-state index is 11.7. The molecule has 24 heavy (non-hydrogen) atoms. The van der Waals surface area contributed by atoms with E-state index in [-0.39, 0.29) is 18.7 Å². The molecule has 3 fully saturated rings. The lowest BCUT2D eigenvalue weighted by Crippen LogP contribution is -2.58. The Kier molecular flexibility index (Phi) is 6.85. The second-order valence-corrected chi connectivity index (χ2v) is 7.10. The van der Waals surface area contributed by atoms with E-state index in [4.69, 9.17) is 14.2 Å². The molecule has 3 aliphatic rings. The quantitative estimate of drug-likeness (QED) is 0.587. The van der Waals surface area contributed by atoms with E-state index < -0.39 is 0 Å². The highest BCUT2D eigenvalue weighted by Gasteiger charge is 2.34. The number of carbonyl (C=O) groups is 1. The average molecular weight is 341 g/mol. The van der Waals surface area contributed by atoms with Gasteiger partial charge in [0.2, 0.25) is 0 Å². The smallest absolute Gasteiger partial charge is 0.332 e. The van der Waals surface area contributed by atoms with Crippen LogP contribution >= 0.6 is 0 Å². The monoisotopic (exact) mass is 341 g/mol. The lowest BCUT2D eigenvalue weighted by molar-refractivity contribution is -0.157. The number of hydrogen-bond donors (Lipinski definition) is 0. The van der Waals surface area contributed by atoms with Crippen LogP contribution < -0.4 is 0 Å². The van der Waals surface area contributed by atoms with Crippen LogP contribution in [-0.2, 0) is 19.0 Å². The van der Waals surface area contributed by atoms with Crippen LogP contribution in [0.1, 0.15) is 12.8 Å². The Balaban J connectivity index is 1.20. The summed E-state index contributed by atoms with van der Waals surface area (Å²) in [6.45, 7) is 8.95. The van der Waals surface area contributed by atoms with Crippen LogP contribution in [-0.4, -0.2) is 112 Å². The lowest BCUT2D eigenvalue weighted by atomic mass is 9.99. The van der Waals surface area contributed by atoms with Crippen molar-refractivity contribution in [3.8, 4) is 0 Å². The van der Waals surface area contributed by atoms with Crippen molar-refractivity contribution in [2.24, 2.45) is 0 Å². The van der Waals surface area contributed by atoms with Crippen molar-refractivity contribution in [3.63, 3.8) is 0 Å². The first-order valence-electron chi connectivity index (χ1n) is 9.20. The molecule has 3 heterocycles. The fourth-order valence-electron chi connectivity index (χ4n) is 3.57. The Labute approximate surface area is 144 Å². The molecule has 7 heteroatoms. The molecule has 3 aliphatic heterocycles. The third kappa shape index (κ3) is 5.39. The van der Waals surface area contributed by atoms with Gasteiger partial charge in [-0.25, -0.2) is 4.79 Å². The van der Waals surface area contributed by atoms with Crippen LogP contribution in [0.5, 0.6) is 0 Å². The Bertz CT molecular complexity index is 389. The van der Waals surface area contributed by atoms with E-state index >= 15 is 0 Å². The molecule has 0 N–H and O–H groups in total. The van der Waals surface area contributed by atoms with E-state index in [2.05, 4.69) is 21.7 Å². The van der Waals surface area contributed by atoms with Gasteiger partial charge in [-0.2, -0.15) is 0 Å². The molecule has 0 aromatic rings. The van der Waals surface area contributed by atoms with Crippen LogP contribution in [0.4, 0.5) is 0 Å². The average Bonchev–Trinajstić information content (AvgIpc) is 2.56. The molecular formula is C17H31N3O4. The normalized spacial score (nSPS) is 25.5. The molecule has 0 atom stereocenters. The summed E-state index contributed by atoms with van der Waals surface area (Å²) in [5.41, 5.74) is 0. The molecule has 0 bridgehead atoms. The zero-order chi connectivity index (χ0) is 16.8. The van der Waals surface area contributed by atoms with Crippen molar-refractivity contribution in [2.75, 3.05) is 79.3 Å². The molecule has 0 aromatic heterocycles. The van der Waals surface area contributed by atoms with Gasteiger partial charge in [0.25, 0.3) is 0 Å². The van der Waals surface area contributed by atoms with Crippen LogP contribution in [0, 0.1) is 0 Å². The van der Waals surface area contributed by atoms with Gasteiger partial charge in [-0.3, -0.25) is 9.80 Å². The Hall–Kier alpha value is -0.730. The first-order chi connectivity index (χ1) is 11.7. The lowest BCUT2D eigenvalue weighted by Gasteiger charge is -2.46. The number of rotatable bonds is 7. The van der Waals surface area contributed by atoms with E-state index in [1.165, 1.54) is 25.9 Å². The van der Waals surface area contributed by atoms with Gasteiger partial charge >= 0.3 is 5.97 Å². The summed E-state index contributed by atoms with van der Waals surface area (Å²) in [5, 5.41) is 0. The minimum absolute atomic E-state index is 0.0784. The molecule has 0 radical (unpaired) electrons. The minimum Gasteiger partial charge on any atom is -0.463 e. The zero-order valence-electron chi connectivity index (χ0n) is 14.8. The molecule has 0 spiro atoms. The van der Waals surface area contributed by atoms with E-state index in [9.17, 15) is 4.79 Å². The van der Waals surface area contributed by atoms with Crippen molar-refractivity contribution in [1.29, 1.82) is 0 Å². The topological polar surface area (TPSA) is 54.5 Å². The highest BCUT2D eigenvalue weighted by molar-refractivity contribution is 5.70. The van der Waals surface area contributed by atoms with Gasteiger partial charge in [0, 0.05) is 38.8 Å². The molecule has 3 rings (SSSR count). The highest BCUT2D eigenvalue weighted by atomic mass is 16.6. The second-order valence-electron chi connectivity index (χ2n) is 7.10. The molecule has 138 valence electrons. The fourth-order valence-corrected chi connectivity index (χ4v) is 3.57. The minimum atomic E-state index is -0.249. The summed E-state index contributed by atoms with van der Waals surface area (Å²) in [6.07, 6.45) is 2.68.